The summed E-state index contributed by atoms with van der Waals surface area (Å²) in [6.07, 6.45) is 0.158. The van der Waals surface area contributed by atoms with Crippen LogP contribution in [0.15, 0.2) is 89.7 Å². The molecule has 0 radical (unpaired) electrons. The SMILES string of the molecule is O=c1c2cc(-c3ccccc3)sc2nc(Cc2ccccc2F)n1Cc1cccc(F)c1. The molecule has 0 unspecified atom stereocenters. The maximum Gasteiger partial charge on any atom is 0.262 e. The van der Waals surface area contributed by atoms with Crippen molar-refractivity contribution in [3.05, 3.63) is 124 Å². The molecule has 0 fully saturated rings. The van der Waals surface area contributed by atoms with Crippen molar-refractivity contribution >= 4 is 21.6 Å². The summed E-state index contributed by atoms with van der Waals surface area (Å²) in [4.78, 5) is 19.8. The van der Waals surface area contributed by atoms with Gasteiger partial charge in [0.1, 0.15) is 22.3 Å². The Bertz CT molecular complexity index is 1470. The molecule has 0 N–H and O–H groups in total. The highest BCUT2D eigenvalue weighted by Gasteiger charge is 2.17. The highest BCUT2D eigenvalue weighted by atomic mass is 32.1. The zero-order valence-electron chi connectivity index (χ0n) is 17.0. The van der Waals surface area contributed by atoms with E-state index in [0.29, 0.717) is 27.2 Å². The molecule has 3 aromatic carbocycles. The summed E-state index contributed by atoms with van der Waals surface area (Å²) in [5.74, 6) is -0.282. The van der Waals surface area contributed by atoms with Gasteiger partial charge in [-0.25, -0.2) is 13.8 Å². The first-order valence-corrected chi connectivity index (χ1v) is 11.0. The molecule has 32 heavy (non-hydrogen) atoms. The second kappa shape index (κ2) is 8.48. The van der Waals surface area contributed by atoms with Gasteiger partial charge in [-0.15, -0.1) is 11.3 Å². The van der Waals surface area contributed by atoms with Crippen LogP contribution in [-0.2, 0) is 13.0 Å². The topological polar surface area (TPSA) is 34.9 Å². The third kappa shape index (κ3) is 3.97. The minimum Gasteiger partial charge on any atom is -0.291 e. The van der Waals surface area contributed by atoms with Crippen molar-refractivity contribution in [2.45, 2.75) is 13.0 Å². The van der Waals surface area contributed by atoms with Crippen LogP contribution in [0.5, 0.6) is 0 Å². The van der Waals surface area contributed by atoms with Crippen LogP contribution in [0.25, 0.3) is 20.7 Å². The lowest BCUT2D eigenvalue weighted by molar-refractivity contribution is 0.604. The van der Waals surface area contributed by atoms with Gasteiger partial charge in [0.15, 0.2) is 0 Å². The summed E-state index contributed by atoms with van der Waals surface area (Å²) in [6, 6.07) is 24.2. The van der Waals surface area contributed by atoms with Crippen LogP contribution in [0, 0.1) is 11.6 Å². The highest BCUT2D eigenvalue weighted by Crippen LogP contribution is 2.31. The Morgan fingerprint density at radius 3 is 2.44 bits per heavy atom. The van der Waals surface area contributed by atoms with Crippen molar-refractivity contribution in [3.63, 3.8) is 0 Å². The van der Waals surface area contributed by atoms with Gasteiger partial charge >= 0.3 is 0 Å². The van der Waals surface area contributed by atoms with E-state index in [1.165, 1.54) is 34.1 Å². The maximum atomic E-state index is 14.4. The first kappa shape index (κ1) is 20.3. The fourth-order valence-corrected chi connectivity index (χ4v) is 4.78. The molecule has 0 saturated carbocycles. The van der Waals surface area contributed by atoms with E-state index in [2.05, 4.69) is 0 Å². The Hall–Kier alpha value is -3.64. The molecule has 2 heterocycles. The van der Waals surface area contributed by atoms with E-state index in [-0.39, 0.29) is 30.2 Å². The second-order valence-corrected chi connectivity index (χ2v) is 8.54. The number of hydrogen-bond donors (Lipinski definition) is 0. The zero-order chi connectivity index (χ0) is 22.1. The van der Waals surface area contributed by atoms with E-state index in [1.54, 1.807) is 30.3 Å². The predicted octanol–water partition coefficient (Wildman–Crippen LogP) is 6.04. The molecule has 6 heteroatoms. The van der Waals surface area contributed by atoms with E-state index < -0.39 is 0 Å². The summed E-state index contributed by atoms with van der Waals surface area (Å²) in [5.41, 5.74) is 1.87. The largest absolute Gasteiger partial charge is 0.291 e. The van der Waals surface area contributed by atoms with Gasteiger partial charge in [0.05, 0.1) is 11.9 Å². The molecule has 0 saturated heterocycles. The van der Waals surface area contributed by atoms with Crippen LogP contribution >= 0.6 is 11.3 Å². The van der Waals surface area contributed by atoms with Gasteiger partial charge in [0.2, 0.25) is 0 Å². The predicted molar refractivity (Wildman–Crippen MR) is 124 cm³/mol. The second-order valence-electron chi connectivity index (χ2n) is 7.51. The van der Waals surface area contributed by atoms with Crippen LogP contribution in [0.1, 0.15) is 17.0 Å². The van der Waals surface area contributed by atoms with E-state index in [4.69, 9.17) is 4.98 Å². The van der Waals surface area contributed by atoms with Gasteiger partial charge in [0.25, 0.3) is 5.56 Å². The molecule has 0 aliphatic rings. The lowest BCUT2D eigenvalue weighted by Crippen LogP contribution is -2.26. The van der Waals surface area contributed by atoms with Crippen molar-refractivity contribution < 1.29 is 8.78 Å². The van der Waals surface area contributed by atoms with E-state index in [1.807, 2.05) is 36.4 Å². The average Bonchev–Trinajstić information content (AvgIpc) is 3.23. The third-order valence-corrected chi connectivity index (χ3v) is 6.40. The molecule has 2 aromatic heterocycles. The molecule has 0 aliphatic carbocycles. The normalized spacial score (nSPS) is 11.2. The van der Waals surface area contributed by atoms with Crippen molar-refractivity contribution in [1.82, 2.24) is 9.55 Å². The lowest BCUT2D eigenvalue weighted by atomic mass is 10.1. The molecule has 158 valence electrons. The number of rotatable bonds is 5. The Labute approximate surface area is 187 Å². The molecule has 0 spiro atoms. The highest BCUT2D eigenvalue weighted by molar-refractivity contribution is 7.21. The number of fused-ring (bicyclic) bond motifs is 1. The Kier molecular flexibility index (Phi) is 5.37. The van der Waals surface area contributed by atoms with Gasteiger partial charge in [0, 0.05) is 11.3 Å². The minimum absolute atomic E-state index is 0.153. The van der Waals surface area contributed by atoms with Gasteiger partial charge in [-0.05, 0) is 41.0 Å². The van der Waals surface area contributed by atoms with Crippen LogP contribution < -0.4 is 5.56 Å². The number of benzene rings is 3. The maximum absolute atomic E-state index is 14.4. The molecule has 3 nitrogen and oxygen atoms in total. The molecule has 5 rings (SSSR count). The third-order valence-electron chi connectivity index (χ3n) is 5.32. The summed E-state index contributed by atoms with van der Waals surface area (Å²) in [6.45, 7) is 0.153. The van der Waals surface area contributed by atoms with Crippen molar-refractivity contribution in [2.24, 2.45) is 0 Å². The van der Waals surface area contributed by atoms with E-state index >= 15 is 0 Å². The Morgan fingerprint density at radius 1 is 0.875 bits per heavy atom. The molecule has 5 aromatic rings. The Morgan fingerprint density at radius 2 is 1.66 bits per heavy atom. The smallest absolute Gasteiger partial charge is 0.262 e. The summed E-state index contributed by atoms with van der Waals surface area (Å²) in [5, 5.41) is 0.502. The number of nitrogens with zero attached hydrogens (tertiary/aromatic N) is 2. The lowest BCUT2D eigenvalue weighted by Gasteiger charge is -2.13. The summed E-state index contributed by atoms with van der Waals surface area (Å²) >= 11 is 1.43. The number of hydrogen-bond acceptors (Lipinski definition) is 3. The Balaban J connectivity index is 1.67. The first-order valence-electron chi connectivity index (χ1n) is 10.1. The molecular formula is C26H18F2N2OS. The average molecular weight is 445 g/mol. The van der Waals surface area contributed by atoms with Crippen LogP contribution in [0.2, 0.25) is 0 Å². The standard InChI is InChI=1S/C26H18F2N2OS/c27-20-11-6-7-17(13-20)16-30-24(14-19-10-4-5-12-22(19)28)29-25-21(26(30)31)15-23(32-25)18-8-2-1-3-9-18/h1-13,15H,14,16H2. The van der Waals surface area contributed by atoms with Crippen molar-refractivity contribution in [3.8, 4) is 10.4 Å². The first-order chi connectivity index (χ1) is 15.6. The molecular weight excluding hydrogens is 426 g/mol. The zero-order valence-corrected chi connectivity index (χ0v) is 17.8. The van der Waals surface area contributed by atoms with Crippen LogP contribution in [0.4, 0.5) is 8.78 Å². The minimum atomic E-state index is -0.373. The number of halogens is 2. The number of aromatic nitrogens is 2. The fourth-order valence-electron chi connectivity index (χ4n) is 3.73. The van der Waals surface area contributed by atoms with Crippen molar-refractivity contribution in [2.75, 3.05) is 0 Å². The van der Waals surface area contributed by atoms with Gasteiger partial charge in [-0.2, -0.15) is 0 Å². The molecule has 0 atom stereocenters. The fraction of sp³-hybridized carbons (Fsp3) is 0.0769. The van der Waals surface area contributed by atoms with Gasteiger partial charge in [-0.1, -0.05) is 60.7 Å². The monoisotopic (exact) mass is 444 g/mol. The van der Waals surface area contributed by atoms with Gasteiger partial charge < -0.3 is 0 Å². The van der Waals surface area contributed by atoms with Crippen molar-refractivity contribution in [1.29, 1.82) is 0 Å². The molecule has 0 bridgehead atoms. The molecule has 0 aliphatic heterocycles. The van der Waals surface area contributed by atoms with Crippen LogP contribution in [0.3, 0.4) is 0 Å². The quantitative estimate of drug-likeness (QED) is 0.331. The summed E-state index contributed by atoms with van der Waals surface area (Å²) < 4.78 is 29.6. The van der Waals surface area contributed by atoms with E-state index in [0.717, 1.165) is 10.4 Å². The summed E-state index contributed by atoms with van der Waals surface area (Å²) in [7, 11) is 0. The van der Waals surface area contributed by atoms with Gasteiger partial charge in [-0.3, -0.25) is 9.36 Å². The van der Waals surface area contributed by atoms with E-state index in [9.17, 15) is 13.6 Å². The van der Waals surface area contributed by atoms with Crippen LogP contribution in [-0.4, -0.2) is 9.55 Å². The number of thiophene rings is 1. The molecule has 0 amide bonds.